The molecule has 0 saturated heterocycles. The Balaban J connectivity index is 2.65. The van der Waals surface area contributed by atoms with Gasteiger partial charge in [0.2, 0.25) is 0 Å². The van der Waals surface area contributed by atoms with Gasteiger partial charge < -0.3 is 9.84 Å². The molecule has 0 heterocycles. The molecule has 0 saturated carbocycles. The zero-order chi connectivity index (χ0) is 11.5. The van der Waals surface area contributed by atoms with E-state index in [1.165, 1.54) is 0 Å². The van der Waals surface area contributed by atoms with E-state index in [9.17, 15) is 0 Å². The molecule has 0 amide bonds. The summed E-state index contributed by atoms with van der Waals surface area (Å²) in [6.45, 7) is 3.83. The van der Waals surface area contributed by atoms with Crippen molar-refractivity contribution in [1.82, 2.24) is 0 Å². The smallest absolute Gasteiger partial charge is 0.119 e. The van der Waals surface area contributed by atoms with E-state index in [-0.39, 0.29) is 6.61 Å². The van der Waals surface area contributed by atoms with E-state index in [1.54, 1.807) is 7.11 Å². The van der Waals surface area contributed by atoms with E-state index >= 15 is 0 Å². The SMILES string of the molecule is C=C(CO)c1cccc2cc(OC)ccc12. The van der Waals surface area contributed by atoms with Crippen LogP contribution >= 0.6 is 0 Å². The minimum absolute atomic E-state index is 0.0227. The number of ether oxygens (including phenoxy) is 1. The minimum Gasteiger partial charge on any atom is -0.497 e. The van der Waals surface area contributed by atoms with Gasteiger partial charge in [-0.05, 0) is 34.0 Å². The molecular formula is C14H14O2. The Labute approximate surface area is 94.8 Å². The zero-order valence-corrected chi connectivity index (χ0v) is 9.23. The summed E-state index contributed by atoms with van der Waals surface area (Å²) < 4.78 is 5.18. The van der Waals surface area contributed by atoms with Crippen molar-refractivity contribution in [2.75, 3.05) is 13.7 Å². The molecule has 0 aliphatic carbocycles. The zero-order valence-electron chi connectivity index (χ0n) is 9.23. The molecule has 0 aromatic heterocycles. The van der Waals surface area contributed by atoms with Crippen molar-refractivity contribution in [3.63, 3.8) is 0 Å². The maximum atomic E-state index is 9.12. The Morgan fingerprint density at radius 1 is 1.31 bits per heavy atom. The molecule has 0 unspecified atom stereocenters. The van der Waals surface area contributed by atoms with E-state index in [0.717, 1.165) is 27.7 Å². The topological polar surface area (TPSA) is 29.5 Å². The van der Waals surface area contributed by atoms with E-state index in [0.29, 0.717) is 0 Å². The van der Waals surface area contributed by atoms with Crippen LogP contribution in [0.3, 0.4) is 0 Å². The van der Waals surface area contributed by atoms with Crippen LogP contribution in [0, 0.1) is 0 Å². The van der Waals surface area contributed by atoms with Gasteiger partial charge in [-0.25, -0.2) is 0 Å². The number of hydrogen-bond donors (Lipinski definition) is 1. The van der Waals surface area contributed by atoms with Crippen molar-refractivity contribution >= 4 is 16.3 Å². The van der Waals surface area contributed by atoms with Gasteiger partial charge in [0.1, 0.15) is 5.75 Å². The summed E-state index contributed by atoms with van der Waals surface area (Å²) in [5, 5.41) is 11.3. The van der Waals surface area contributed by atoms with Gasteiger partial charge in [-0.15, -0.1) is 0 Å². The molecule has 2 aromatic carbocycles. The first-order chi connectivity index (χ1) is 7.76. The number of hydrogen-bond acceptors (Lipinski definition) is 2. The Hall–Kier alpha value is -1.80. The fraction of sp³-hybridized carbons (Fsp3) is 0.143. The first-order valence-corrected chi connectivity index (χ1v) is 5.12. The quantitative estimate of drug-likeness (QED) is 0.851. The van der Waals surface area contributed by atoms with Crippen molar-refractivity contribution in [2.24, 2.45) is 0 Å². The van der Waals surface area contributed by atoms with Crippen LogP contribution < -0.4 is 4.74 Å². The van der Waals surface area contributed by atoms with Crippen molar-refractivity contribution in [3.05, 3.63) is 48.5 Å². The summed E-state index contributed by atoms with van der Waals surface area (Å²) in [5.41, 5.74) is 1.72. The Kier molecular flexibility index (Phi) is 2.93. The Morgan fingerprint density at radius 3 is 2.81 bits per heavy atom. The first-order valence-electron chi connectivity index (χ1n) is 5.12. The number of methoxy groups -OCH3 is 1. The lowest BCUT2D eigenvalue weighted by molar-refractivity contribution is 0.350. The van der Waals surface area contributed by atoms with Gasteiger partial charge in [-0.2, -0.15) is 0 Å². The van der Waals surface area contributed by atoms with Crippen molar-refractivity contribution < 1.29 is 9.84 Å². The third-order valence-electron chi connectivity index (χ3n) is 2.66. The molecule has 0 bridgehead atoms. The van der Waals surface area contributed by atoms with Crippen molar-refractivity contribution in [1.29, 1.82) is 0 Å². The molecule has 16 heavy (non-hydrogen) atoms. The van der Waals surface area contributed by atoms with E-state index in [2.05, 4.69) is 6.58 Å². The summed E-state index contributed by atoms with van der Waals surface area (Å²) in [4.78, 5) is 0. The van der Waals surface area contributed by atoms with Gasteiger partial charge in [-0.1, -0.05) is 30.8 Å². The number of benzene rings is 2. The van der Waals surface area contributed by atoms with Gasteiger partial charge in [0.15, 0.2) is 0 Å². The molecule has 2 rings (SSSR count). The van der Waals surface area contributed by atoms with Crippen LogP contribution in [0.15, 0.2) is 43.0 Å². The van der Waals surface area contributed by atoms with Crippen LogP contribution in [-0.2, 0) is 0 Å². The fourth-order valence-electron chi connectivity index (χ4n) is 1.78. The van der Waals surface area contributed by atoms with E-state index in [1.807, 2.05) is 36.4 Å². The van der Waals surface area contributed by atoms with Crippen LogP contribution in [0.5, 0.6) is 5.75 Å². The molecular weight excluding hydrogens is 200 g/mol. The normalized spacial score (nSPS) is 10.4. The predicted octanol–water partition coefficient (Wildman–Crippen LogP) is 2.85. The second kappa shape index (κ2) is 4.37. The summed E-state index contributed by atoms with van der Waals surface area (Å²) in [7, 11) is 1.65. The molecule has 0 fully saturated rings. The molecule has 0 radical (unpaired) electrons. The second-order valence-corrected chi connectivity index (χ2v) is 3.65. The van der Waals surface area contributed by atoms with Gasteiger partial charge in [0, 0.05) is 0 Å². The Morgan fingerprint density at radius 2 is 2.12 bits per heavy atom. The standard InChI is InChI=1S/C14H14O2/c1-10(9-15)13-5-3-4-11-8-12(16-2)6-7-14(11)13/h3-8,15H,1,9H2,2H3. The molecule has 0 atom stereocenters. The molecule has 2 aromatic rings. The highest BCUT2D eigenvalue weighted by molar-refractivity contribution is 5.94. The number of fused-ring (bicyclic) bond motifs is 1. The lowest BCUT2D eigenvalue weighted by Gasteiger charge is -2.08. The number of aliphatic hydroxyl groups excluding tert-OH is 1. The van der Waals surface area contributed by atoms with Gasteiger partial charge in [0.05, 0.1) is 13.7 Å². The Bertz CT molecular complexity index is 529. The van der Waals surface area contributed by atoms with Crippen LogP contribution in [0.25, 0.3) is 16.3 Å². The molecule has 2 heteroatoms. The van der Waals surface area contributed by atoms with Gasteiger partial charge in [-0.3, -0.25) is 0 Å². The highest BCUT2D eigenvalue weighted by Crippen LogP contribution is 2.27. The second-order valence-electron chi connectivity index (χ2n) is 3.65. The number of rotatable bonds is 3. The average Bonchev–Trinajstić information content (AvgIpc) is 2.36. The molecule has 1 N–H and O–H groups in total. The third-order valence-corrected chi connectivity index (χ3v) is 2.66. The molecule has 0 spiro atoms. The van der Waals surface area contributed by atoms with Gasteiger partial charge >= 0.3 is 0 Å². The lowest BCUT2D eigenvalue weighted by Crippen LogP contribution is -1.90. The largest absolute Gasteiger partial charge is 0.497 e. The summed E-state index contributed by atoms with van der Waals surface area (Å²) in [6.07, 6.45) is 0. The van der Waals surface area contributed by atoms with Gasteiger partial charge in [0.25, 0.3) is 0 Å². The van der Waals surface area contributed by atoms with E-state index in [4.69, 9.17) is 9.84 Å². The lowest BCUT2D eigenvalue weighted by atomic mass is 9.99. The monoisotopic (exact) mass is 214 g/mol. The van der Waals surface area contributed by atoms with Crippen molar-refractivity contribution in [2.45, 2.75) is 0 Å². The van der Waals surface area contributed by atoms with Crippen LogP contribution in [0.2, 0.25) is 0 Å². The molecule has 82 valence electrons. The van der Waals surface area contributed by atoms with Crippen LogP contribution in [0.4, 0.5) is 0 Å². The molecule has 0 aliphatic rings. The fourth-order valence-corrected chi connectivity index (χ4v) is 1.78. The maximum absolute atomic E-state index is 9.12. The van der Waals surface area contributed by atoms with Crippen LogP contribution in [-0.4, -0.2) is 18.8 Å². The summed E-state index contributed by atoms with van der Waals surface area (Å²) >= 11 is 0. The first kappa shape index (κ1) is 10.7. The highest BCUT2D eigenvalue weighted by Gasteiger charge is 2.04. The highest BCUT2D eigenvalue weighted by atomic mass is 16.5. The maximum Gasteiger partial charge on any atom is 0.119 e. The third kappa shape index (κ3) is 1.79. The summed E-state index contributed by atoms with van der Waals surface area (Å²) in [5.74, 6) is 0.833. The van der Waals surface area contributed by atoms with E-state index < -0.39 is 0 Å². The minimum atomic E-state index is -0.0227. The predicted molar refractivity (Wildman–Crippen MR) is 66.6 cm³/mol. The molecule has 2 nitrogen and oxygen atoms in total. The summed E-state index contributed by atoms with van der Waals surface area (Å²) in [6, 6.07) is 11.8. The average molecular weight is 214 g/mol. The van der Waals surface area contributed by atoms with Crippen LogP contribution in [0.1, 0.15) is 5.56 Å². The molecule has 0 aliphatic heterocycles. The van der Waals surface area contributed by atoms with Crippen molar-refractivity contribution in [3.8, 4) is 5.75 Å². The number of aliphatic hydroxyl groups is 1.